The number of alkyl halides is 1. The summed E-state index contributed by atoms with van der Waals surface area (Å²) in [4.78, 5) is 18.6. The molecule has 3 heterocycles. The second kappa shape index (κ2) is 12.0. The molecule has 4 rings (SSSR count). The van der Waals surface area contributed by atoms with E-state index in [9.17, 15) is 9.90 Å². The van der Waals surface area contributed by atoms with Crippen LogP contribution in [-0.2, 0) is 4.79 Å². The number of nitrogens with zero attached hydrogens (tertiary/aromatic N) is 2. The van der Waals surface area contributed by atoms with E-state index in [1.807, 2.05) is 30.0 Å². The predicted molar refractivity (Wildman–Crippen MR) is 137 cm³/mol. The van der Waals surface area contributed by atoms with Gasteiger partial charge in [0.25, 0.3) is 0 Å². The summed E-state index contributed by atoms with van der Waals surface area (Å²) >= 11 is 3.61. The second-order valence-corrected chi connectivity index (χ2v) is 11.1. The first-order chi connectivity index (χ1) is 16.5. The number of piperidine rings is 1. The molecule has 0 aliphatic carbocycles. The molecule has 1 fully saturated rings. The van der Waals surface area contributed by atoms with Crippen LogP contribution in [0.3, 0.4) is 0 Å². The Balaban J connectivity index is 1.31. The molecule has 3 aromatic rings. The van der Waals surface area contributed by atoms with Crippen molar-refractivity contribution in [3.05, 3.63) is 53.5 Å². The normalized spacial score (nSPS) is 19.8. The number of thioether (sulfide) groups is 1. The summed E-state index contributed by atoms with van der Waals surface area (Å²) in [6, 6.07) is 11.4. The molecule has 3 atom stereocenters. The van der Waals surface area contributed by atoms with Crippen molar-refractivity contribution < 1.29 is 19.0 Å². The number of carboxylic acid groups (broad SMARTS) is 1. The maximum Gasteiger partial charge on any atom is 0.308 e. The van der Waals surface area contributed by atoms with E-state index in [0.29, 0.717) is 30.7 Å². The van der Waals surface area contributed by atoms with E-state index in [1.165, 1.54) is 4.21 Å². The lowest BCUT2D eigenvalue weighted by Crippen LogP contribution is -2.44. The van der Waals surface area contributed by atoms with E-state index in [-0.39, 0.29) is 5.92 Å². The van der Waals surface area contributed by atoms with Gasteiger partial charge in [0.2, 0.25) is 0 Å². The molecule has 8 heteroatoms. The summed E-state index contributed by atoms with van der Waals surface area (Å²) in [6.45, 7) is 2.34. The van der Waals surface area contributed by atoms with Crippen molar-refractivity contribution in [1.29, 1.82) is 0 Å². The lowest BCUT2D eigenvalue weighted by Gasteiger charge is -2.36. The maximum absolute atomic E-state index is 15.4. The van der Waals surface area contributed by atoms with Crippen LogP contribution >= 0.6 is 23.1 Å². The highest BCUT2D eigenvalue weighted by molar-refractivity contribution is 8.01. The number of hydrogen-bond donors (Lipinski definition) is 1. The molecular weight excluding hydrogens is 471 g/mol. The van der Waals surface area contributed by atoms with Gasteiger partial charge in [-0.3, -0.25) is 9.78 Å². The Morgan fingerprint density at radius 1 is 1.38 bits per heavy atom. The van der Waals surface area contributed by atoms with Gasteiger partial charge in [-0.1, -0.05) is 6.07 Å². The quantitative estimate of drug-likeness (QED) is 0.245. The summed E-state index contributed by atoms with van der Waals surface area (Å²) in [6.07, 6.45) is 3.17. The van der Waals surface area contributed by atoms with Crippen LogP contribution in [0.1, 0.15) is 37.4 Å². The Bertz CT molecular complexity index is 1080. The molecule has 0 amide bonds. The number of benzene rings is 1. The number of halogens is 1. The van der Waals surface area contributed by atoms with Crippen LogP contribution in [0.5, 0.6) is 5.75 Å². The molecule has 0 bridgehead atoms. The van der Waals surface area contributed by atoms with E-state index in [1.54, 1.807) is 30.7 Å². The van der Waals surface area contributed by atoms with Crippen LogP contribution in [0.25, 0.3) is 10.9 Å². The molecule has 1 saturated heterocycles. The molecule has 0 unspecified atom stereocenters. The molecule has 5 nitrogen and oxygen atoms in total. The first-order valence-electron chi connectivity index (χ1n) is 11.7. The van der Waals surface area contributed by atoms with E-state index in [0.717, 1.165) is 42.6 Å². The zero-order chi connectivity index (χ0) is 23.9. The van der Waals surface area contributed by atoms with Crippen LogP contribution in [0.4, 0.5) is 4.39 Å². The topological polar surface area (TPSA) is 62.7 Å². The van der Waals surface area contributed by atoms with Gasteiger partial charge in [-0.15, -0.1) is 23.1 Å². The Labute approximate surface area is 208 Å². The number of fused-ring (bicyclic) bond motifs is 1. The average molecular weight is 503 g/mol. The van der Waals surface area contributed by atoms with Crippen molar-refractivity contribution in [2.45, 2.75) is 36.1 Å². The Morgan fingerprint density at radius 2 is 2.26 bits per heavy atom. The van der Waals surface area contributed by atoms with Crippen molar-refractivity contribution in [3.63, 3.8) is 0 Å². The fourth-order valence-electron chi connectivity index (χ4n) is 4.77. The SMILES string of the molecule is COc1ccc2nccc([C@H](F)CC[C@@H]3CCN(CCCSc4cccs4)C[C@@H]3C(=O)O)c2c1. The molecule has 0 spiro atoms. The predicted octanol–water partition coefficient (Wildman–Crippen LogP) is 6.30. The third-order valence-electron chi connectivity index (χ3n) is 6.63. The second-order valence-electron chi connectivity index (χ2n) is 8.76. The summed E-state index contributed by atoms with van der Waals surface area (Å²) in [5, 5.41) is 12.7. The van der Waals surface area contributed by atoms with Gasteiger partial charge >= 0.3 is 5.97 Å². The highest BCUT2D eigenvalue weighted by atomic mass is 32.2. The van der Waals surface area contributed by atoms with Crippen LogP contribution in [0.2, 0.25) is 0 Å². The van der Waals surface area contributed by atoms with Gasteiger partial charge < -0.3 is 14.7 Å². The number of carboxylic acids is 1. The summed E-state index contributed by atoms with van der Waals surface area (Å²) in [5.41, 5.74) is 1.33. The first-order valence-corrected chi connectivity index (χ1v) is 13.6. The number of rotatable bonds is 11. The summed E-state index contributed by atoms with van der Waals surface area (Å²) in [7, 11) is 1.59. The molecule has 1 aromatic carbocycles. The number of pyridine rings is 1. The Morgan fingerprint density at radius 3 is 3.03 bits per heavy atom. The minimum atomic E-state index is -1.17. The minimum Gasteiger partial charge on any atom is -0.497 e. The van der Waals surface area contributed by atoms with E-state index in [4.69, 9.17) is 4.74 Å². The number of thiophene rings is 1. The molecule has 1 N–H and O–H groups in total. The van der Waals surface area contributed by atoms with Gasteiger partial charge in [0.05, 0.1) is 22.8 Å². The van der Waals surface area contributed by atoms with Crippen molar-refractivity contribution in [3.8, 4) is 5.75 Å². The van der Waals surface area contributed by atoms with E-state index < -0.39 is 18.1 Å². The van der Waals surface area contributed by atoms with Gasteiger partial charge in [0, 0.05) is 23.9 Å². The summed E-state index contributed by atoms with van der Waals surface area (Å²) in [5.74, 6) is 0.486. The number of aliphatic carboxylic acids is 1. The number of methoxy groups -OCH3 is 1. The number of ether oxygens (including phenoxy) is 1. The fraction of sp³-hybridized carbons (Fsp3) is 0.462. The van der Waals surface area contributed by atoms with Crippen LogP contribution in [0.15, 0.2) is 52.2 Å². The van der Waals surface area contributed by atoms with Gasteiger partial charge in [0.1, 0.15) is 11.9 Å². The highest BCUT2D eigenvalue weighted by Crippen LogP contribution is 2.35. The van der Waals surface area contributed by atoms with Crippen molar-refractivity contribution >= 4 is 40.0 Å². The van der Waals surface area contributed by atoms with Crippen LogP contribution < -0.4 is 4.74 Å². The Kier molecular flexibility index (Phi) is 8.80. The number of carbonyl (C=O) groups is 1. The minimum absolute atomic E-state index is 0.00451. The van der Waals surface area contributed by atoms with Crippen molar-refractivity contribution in [2.24, 2.45) is 11.8 Å². The maximum atomic E-state index is 15.4. The third kappa shape index (κ3) is 6.29. The molecule has 0 saturated carbocycles. The zero-order valence-corrected chi connectivity index (χ0v) is 21.0. The lowest BCUT2D eigenvalue weighted by atomic mass is 9.81. The molecule has 1 aliphatic heterocycles. The lowest BCUT2D eigenvalue weighted by molar-refractivity contribution is -0.146. The van der Waals surface area contributed by atoms with Gasteiger partial charge in [-0.25, -0.2) is 4.39 Å². The first kappa shape index (κ1) is 24.9. The van der Waals surface area contributed by atoms with Crippen molar-refractivity contribution in [2.75, 3.05) is 32.5 Å². The standard InChI is InChI=1S/C26H31FN2O3S2/c1-32-19-6-8-24-21(16-19)20(9-11-28-24)23(27)7-5-18-10-13-29(17-22(18)26(30)31)12-3-15-34-25-4-2-14-33-25/h2,4,6,8-9,11,14,16,18,22-23H,3,5,7,10,12-13,15,17H2,1H3,(H,30,31)/t18-,22+,23-/m1/s1. The fourth-order valence-corrected chi connectivity index (χ4v) is 6.55. The van der Waals surface area contributed by atoms with Crippen LogP contribution in [-0.4, -0.2) is 53.5 Å². The van der Waals surface area contributed by atoms with Crippen LogP contribution in [0, 0.1) is 11.8 Å². The molecule has 2 aromatic heterocycles. The summed E-state index contributed by atoms with van der Waals surface area (Å²) < 4.78 is 22.0. The van der Waals surface area contributed by atoms with Gasteiger partial charge in [-0.05, 0) is 86.0 Å². The molecule has 34 heavy (non-hydrogen) atoms. The highest BCUT2D eigenvalue weighted by Gasteiger charge is 2.34. The van der Waals surface area contributed by atoms with E-state index in [2.05, 4.69) is 27.4 Å². The van der Waals surface area contributed by atoms with E-state index >= 15 is 4.39 Å². The van der Waals surface area contributed by atoms with Crippen molar-refractivity contribution in [1.82, 2.24) is 9.88 Å². The molecule has 1 aliphatic rings. The van der Waals surface area contributed by atoms with Gasteiger partial charge in [-0.2, -0.15) is 0 Å². The third-order valence-corrected chi connectivity index (χ3v) is 8.84. The monoisotopic (exact) mass is 502 g/mol. The zero-order valence-electron chi connectivity index (χ0n) is 19.4. The smallest absolute Gasteiger partial charge is 0.308 e. The number of likely N-dealkylation sites (tertiary alicyclic amines) is 1. The average Bonchev–Trinajstić information content (AvgIpc) is 3.38. The molecule has 0 radical (unpaired) electrons. The molecule has 182 valence electrons. The number of hydrogen-bond acceptors (Lipinski definition) is 6. The number of aromatic nitrogens is 1. The molecular formula is C26H31FN2O3S2. The Hall–Kier alpha value is -2.16. The van der Waals surface area contributed by atoms with Gasteiger partial charge in [0.15, 0.2) is 0 Å². The largest absolute Gasteiger partial charge is 0.497 e.